The van der Waals surface area contributed by atoms with Crippen LogP contribution in [0.5, 0.6) is 5.75 Å². The summed E-state index contributed by atoms with van der Waals surface area (Å²) in [5.74, 6) is 0.912. The third kappa shape index (κ3) is 3.91. The van der Waals surface area contributed by atoms with Crippen LogP contribution in [0.2, 0.25) is 0 Å². The van der Waals surface area contributed by atoms with Gasteiger partial charge in [-0.15, -0.1) is 0 Å². The molecule has 3 aromatic rings. The van der Waals surface area contributed by atoms with Gasteiger partial charge in [0.15, 0.2) is 0 Å². The number of aromatic nitrogens is 1. The van der Waals surface area contributed by atoms with Crippen LogP contribution in [0.25, 0.3) is 11.5 Å². The normalized spacial score (nSPS) is 13.4. The molecule has 4 rings (SSSR count). The van der Waals surface area contributed by atoms with Gasteiger partial charge < -0.3 is 14.5 Å². The van der Waals surface area contributed by atoms with E-state index in [2.05, 4.69) is 10.3 Å². The van der Waals surface area contributed by atoms with Crippen LogP contribution in [0.4, 0.5) is 10.1 Å². The zero-order valence-electron chi connectivity index (χ0n) is 13.9. The highest BCUT2D eigenvalue weighted by Crippen LogP contribution is 2.30. The van der Waals surface area contributed by atoms with Crippen LogP contribution >= 0.6 is 0 Å². The van der Waals surface area contributed by atoms with Crippen LogP contribution in [-0.2, 0) is 11.4 Å². The number of ether oxygens (including phenoxy) is 1. The molecule has 0 atom stereocenters. The van der Waals surface area contributed by atoms with Crippen LogP contribution < -0.4 is 10.1 Å². The fourth-order valence-electron chi connectivity index (χ4n) is 2.51. The Balaban J connectivity index is 1.34. The molecule has 0 unspecified atom stereocenters. The highest BCUT2D eigenvalue weighted by Gasteiger charge is 2.29. The molecule has 1 aliphatic carbocycles. The average Bonchev–Trinajstić information content (AvgIpc) is 3.40. The van der Waals surface area contributed by atoms with Gasteiger partial charge in [0.25, 0.3) is 0 Å². The number of oxazole rings is 1. The molecule has 1 aliphatic rings. The molecule has 0 aliphatic heterocycles. The Morgan fingerprint density at radius 1 is 1.23 bits per heavy atom. The Hall–Kier alpha value is -3.15. The molecule has 0 radical (unpaired) electrons. The van der Waals surface area contributed by atoms with E-state index in [1.54, 1.807) is 36.4 Å². The van der Waals surface area contributed by atoms with Crippen molar-refractivity contribution in [2.75, 3.05) is 5.32 Å². The molecule has 2 aromatic carbocycles. The summed E-state index contributed by atoms with van der Waals surface area (Å²) < 4.78 is 24.3. The monoisotopic (exact) mass is 352 g/mol. The molecular weight excluding hydrogens is 335 g/mol. The molecule has 0 bridgehead atoms. The van der Waals surface area contributed by atoms with Gasteiger partial charge in [-0.2, -0.15) is 0 Å². The predicted molar refractivity (Wildman–Crippen MR) is 94.0 cm³/mol. The lowest BCUT2D eigenvalue weighted by Gasteiger charge is -2.07. The lowest BCUT2D eigenvalue weighted by Crippen LogP contribution is -2.13. The molecule has 6 heteroatoms. The van der Waals surface area contributed by atoms with Crippen molar-refractivity contribution in [2.24, 2.45) is 5.92 Å². The van der Waals surface area contributed by atoms with E-state index in [0.29, 0.717) is 22.9 Å². The third-order valence-electron chi connectivity index (χ3n) is 4.08. The first-order valence-electron chi connectivity index (χ1n) is 8.41. The Morgan fingerprint density at radius 3 is 2.77 bits per heavy atom. The Labute approximate surface area is 149 Å². The molecule has 1 fully saturated rings. The van der Waals surface area contributed by atoms with Crippen LogP contribution in [0.15, 0.2) is 59.2 Å². The molecule has 1 amide bonds. The minimum atomic E-state index is -0.340. The fourth-order valence-corrected chi connectivity index (χ4v) is 2.51. The first kappa shape index (κ1) is 16.3. The molecule has 1 saturated carbocycles. The second kappa shape index (κ2) is 7.00. The van der Waals surface area contributed by atoms with Crippen LogP contribution in [-0.4, -0.2) is 10.9 Å². The van der Waals surface area contributed by atoms with E-state index in [1.807, 2.05) is 0 Å². The van der Waals surface area contributed by atoms with Gasteiger partial charge in [-0.1, -0.05) is 6.07 Å². The van der Waals surface area contributed by atoms with E-state index in [9.17, 15) is 9.18 Å². The predicted octanol–water partition coefficient (Wildman–Crippen LogP) is 4.41. The van der Waals surface area contributed by atoms with E-state index in [1.165, 1.54) is 18.4 Å². The van der Waals surface area contributed by atoms with Gasteiger partial charge in [0, 0.05) is 17.2 Å². The van der Waals surface area contributed by atoms with Crippen molar-refractivity contribution in [1.82, 2.24) is 4.98 Å². The molecule has 5 nitrogen and oxygen atoms in total. The van der Waals surface area contributed by atoms with Crippen molar-refractivity contribution in [1.29, 1.82) is 0 Å². The topological polar surface area (TPSA) is 64.4 Å². The average molecular weight is 352 g/mol. The summed E-state index contributed by atoms with van der Waals surface area (Å²) in [6.07, 6.45) is 3.44. The van der Waals surface area contributed by atoms with Crippen molar-refractivity contribution in [3.8, 4) is 17.2 Å². The summed E-state index contributed by atoms with van der Waals surface area (Å²) in [5.41, 5.74) is 1.94. The Bertz CT molecular complexity index is 917. The van der Waals surface area contributed by atoms with Crippen LogP contribution in [0.1, 0.15) is 18.5 Å². The van der Waals surface area contributed by atoms with E-state index < -0.39 is 0 Å². The number of benzene rings is 2. The Kier molecular flexibility index (Phi) is 4.39. The molecule has 26 heavy (non-hydrogen) atoms. The minimum absolute atomic E-state index is 0.0751. The summed E-state index contributed by atoms with van der Waals surface area (Å²) >= 11 is 0. The van der Waals surface area contributed by atoms with Crippen molar-refractivity contribution >= 4 is 11.6 Å². The maximum absolute atomic E-state index is 13.3. The maximum Gasteiger partial charge on any atom is 0.227 e. The molecular formula is C20H17FN2O3. The highest BCUT2D eigenvalue weighted by atomic mass is 19.1. The van der Waals surface area contributed by atoms with Crippen molar-refractivity contribution in [3.05, 3.63) is 66.3 Å². The lowest BCUT2D eigenvalue weighted by molar-refractivity contribution is -0.117. The molecule has 1 N–H and O–H groups in total. The number of hydrogen-bond donors (Lipinski definition) is 1. The molecule has 0 spiro atoms. The minimum Gasteiger partial charge on any atom is -0.487 e. The summed E-state index contributed by atoms with van der Waals surface area (Å²) in [4.78, 5) is 16.0. The fraction of sp³-hybridized carbons (Fsp3) is 0.200. The van der Waals surface area contributed by atoms with Gasteiger partial charge in [0.2, 0.25) is 11.8 Å². The van der Waals surface area contributed by atoms with Crippen LogP contribution in [0, 0.1) is 11.7 Å². The summed E-state index contributed by atoms with van der Waals surface area (Å²) in [7, 11) is 0. The SMILES string of the molecule is O=C(Nc1ccc(OCc2coc(-c3cccc(F)c3)n2)cc1)C1CC1. The lowest BCUT2D eigenvalue weighted by atomic mass is 10.2. The maximum atomic E-state index is 13.3. The van der Waals surface area contributed by atoms with Gasteiger partial charge in [-0.05, 0) is 55.3 Å². The number of carbonyl (C=O) groups excluding carboxylic acids is 1. The third-order valence-corrected chi connectivity index (χ3v) is 4.08. The number of amides is 1. The zero-order valence-corrected chi connectivity index (χ0v) is 13.9. The Morgan fingerprint density at radius 2 is 2.04 bits per heavy atom. The largest absolute Gasteiger partial charge is 0.487 e. The molecule has 1 aromatic heterocycles. The number of nitrogens with one attached hydrogen (secondary N) is 1. The standard InChI is InChI=1S/C20H17FN2O3/c21-15-3-1-2-14(10-15)20-23-17(12-26-20)11-25-18-8-6-16(7-9-18)22-19(24)13-4-5-13/h1-3,6-10,12-13H,4-5,11H2,(H,22,24). The number of carbonyl (C=O) groups is 1. The van der Waals surface area contributed by atoms with Gasteiger partial charge in [0.1, 0.15) is 30.1 Å². The van der Waals surface area contributed by atoms with E-state index in [-0.39, 0.29) is 24.2 Å². The highest BCUT2D eigenvalue weighted by molar-refractivity contribution is 5.94. The van der Waals surface area contributed by atoms with Gasteiger partial charge in [-0.3, -0.25) is 4.79 Å². The summed E-state index contributed by atoms with van der Waals surface area (Å²) in [6.45, 7) is 0.229. The smallest absolute Gasteiger partial charge is 0.227 e. The first-order valence-corrected chi connectivity index (χ1v) is 8.41. The van der Waals surface area contributed by atoms with Crippen molar-refractivity contribution in [3.63, 3.8) is 0 Å². The molecule has 0 saturated heterocycles. The molecule has 132 valence electrons. The summed E-state index contributed by atoms with van der Waals surface area (Å²) in [6, 6.07) is 13.3. The number of halogens is 1. The van der Waals surface area contributed by atoms with E-state index in [0.717, 1.165) is 18.5 Å². The van der Waals surface area contributed by atoms with Crippen LogP contribution in [0.3, 0.4) is 0 Å². The van der Waals surface area contributed by atoms with Gasteiger partial charge >= 0.3 is 0 Å². The number of hydrogen-bond acceptors (Lipinski definition) is 4. The first-order chi connectivity index (χ1) is 12.7. The number of anilines is 1. The number of nitrogens with zero attached hydrogens (tertiary/aromatic N) is 1. The van der Waals surface area contributed by atoms with E-state index in [4.69, 9.17) is 9.15 Å². The molecule has 1 heterocycles. The second-order valence-electron chi connectivity index (χ2n) is 6.23. The summed E-state index contributed by atoms with van der Waals surface area (Å²) in [5, 5.41) is 2.88. The van der Waals surface area contributed by atoms with Crippen molar-refractivity contribution < 1.29 is 18.3 Å². The second-order valence-corrected chi connectivity index (χ2v) is 6.23. The quantitative estimate of drug-likeness (QED) is 0.714. The van der Waals surface area contributed by atoms with Crippen molar-refractivity contribution in [2.45, 2.75) is 19.4 Å². The number of rotatable bonds is 6. The zero-order chi connectivity index (χ0) is 17.9. The van der Waals surface area contributed by atoms with Gasteiger partial charge in [-0.25, -0.2) is 9.37 Å². The van der Waals surface area contributed by atoms with E-state index >= 15 is 0 Å². The van der Waals surface area contributed by atoms with Gasteiger partial charge in [0.05, 0.1) is 0 Å².